The van der Waals surface area contributed by atoms with Crippen LogP contribution in [-0.2, 0) is 4.79 Å². The van der Waals surface area contributed by atoms with Crippen LogP contribution in [0.4, 0.5) is 4.39 Å². The fourth-order valence-corrected chi connectivity index (χ4v) is 2.98. The lowest BCUT2D eigenvalue weighted by Gasteiger charge is -2.35. The molecule has 0 N–H and O–H groups in total. The minimum absolute atomic E-state index is 0.114. The smallest absolute Gasteiger partial charge is 0.269 e. The highest BCUT2D eigenvalue weighted by Gasteiger charge is 2.46. The first-order valence-corrected chi connectivity index (χ1v) is 7.45. The van der Waals surface area contributed by atoms with Gasteiger partial charge in [-0.15, -0.1) is 0 Å². The molecule has 1 aromatic carbocycles. The maximum absolute atomic E-state index is 14.9. The van der Waals surface area contributed by atoms with Gasteiger partial charge in [0.1, 0.15) is 0 Å². The van der Waals surface area contributed by atoms with Crippen LogP contribution in [0.1, 0.15) is 30.9 Å². The molecule has 6 heteroatoms. The van der Waals surface area contributed by atoms with Gasteiger partial charge in [-0.1, -0.05) is 30.3 Å². The third kappa shape index (κ3) is 2.80. The first-order valence-electron chi connectivity index (χ1n) is 7.11. The summed E-state index contributed by atoms with van der Waals surface area (Å²) in [6.07, 6.45) is 2.52. The number of carbonyl (C=O) groups is 1. The summed E-state index contributed by atoms with van der Waals surface area (Å²) in [7, 11) is 0. The Morgan fingerprint density at radius 1 is 1.29 bits per heavy atom. The van der Waals surface area contributed by atoms with Crippen LogP contribution >= 0.6 is 11.8 Å². The molecule has 21 heavy (non-hydrogen) atoms. The predicted molar refractivity (Wildman–Crippen MR) is 79.6 cm³/mol. The number of alkyl halides is 1. The average molecular weight is 310 g/mol. The van der Waals surface area contributed by atoms with Gasteiger partial charge in [0.05, 0.1) is 6.04 Å². The molecule has 0 radical (unpaired) electrons. The standard InChI is InChI=1S/C15H17ClFN3O/c16-19-10-7-15(17,8-11-19)14(21)20-13(6-9-18-20)12-4-2-1-3-5-12/h1-5,9,13H,6-8,10-11H2. The lowest BCUT2D eigenvalue weighted by Crippen LogP contribution is -2.49. The van der Waals surface area contributed by atoms with E-state index >= 15 is 0 Å². The summed E-state index contributed by atoms with van der Waals surface area (Å²) in [5, 5.41) is 5.41. The molecular formula is C15H17ClFN3O. The largest absolute Gasteiger partial charge is 0.280 e. The van der Waals surface area contributed by atoms with Crippen LogP contribution in [0.25, 0.3) is 0 Å². The van der Waals surface area contributed by atoms with Crippen molar-refractivity contribution >= 4 is 23.9 Å². The van der Waals surface area contributed by atoms with E-state index in [0.29, 0.717) is 19.5 Å². The van der Waals surface area contributed by atoms with Gasteiger partial charge in [0.25, 0.3) is 5.91 Å². The van der Waals surface area contributed by atoms with Gasteiger partial charge in [-0.25, -0.2) is 13.8 Å². The molecule has 1 fully saturated rings. The summed E-state index contributed by atoms with van der Waals surface area (Å²) in [6, 6.07) is 9.40. The summed E-state index contributed by atoms with van der Waals surface area (Å²) in [5.41, 5.74) is -0.887. The molecule has 4 nitrogen and oxygen atoms in total. The normalized spacial score (nSPS) is 25.2. The van der Waals surface area contributed by atoms with Crippen molar-refractivity contribution in [3.05, 3.63) is 35.9 Å². The highest BCUT2D eigenvalue weighted by molar-refractivity contribution is 6.13. The number of hydrogen-bond donors (Lipinski definition) is 0. The summed E-state index contributed by atoms with van der Waals surface area (Å²) in [4.78, 5) is 12.6. The monoisotopic (exact) mass is 309 g/mol. The molecule has 0 aliphatic carbocycles. The SMILES string of the molecule is O=C(N1N=CCC1c1ccccc1)C1(F)CCN(Cl)CC1. The van der Waals surface area contributed by atoms with Crippen molar-refractivity contribution in [3.63, 3.8) is 0 Å². The topological polar surface area (TPSA) is 35.9 Å². The van der Waals surface area contributed by atoms with Crippen molar-refractivity contribution in [1.29, 1.82) is 0 Å². The Balaban J connectivity index is 1.79. The zero-order valence-corrected chi connectivity index (χ0v) is 12.3. The van der Waals surface area contributed by atoms with E-state index in [1.165, 1.54) is 9.43 Å². The van der Waals surface area contributed by atoms with Gasteiger partial charge in [-0.05, 0) is 17.3 Å². The van der Waals surface area contributed by atoms with Crippen LogP contribution < -0.4 is 0 Å². The summed E-state index contributed by atoms with van der Waals surface area (Å²) in [5.74, 6) is -0.546. The number of hydrazone groups is 1. The molecule has 2 heterocycles. The second kappa shape index (κ2) is 5.73. The van der Waals surface area contributed by atoms with E-state index in [4.69, 9.17) is 11.8 Å². The van der Waals surface area contributed by atoms with Gasteiger partial charge in [-0.3, -0.25) is 4.79 Å². The number of piperidine rings is 1. The molecule has 112 valence electrons. The fourth-order valence-electron chi connectivity index (χ4n) is 2.81. The second-order valence-corrected chi connectivity index (χ2v) is 5.96. The molecule has 0 spiro atoms. The van der Waals surface area contributed by atoms with Gasteiger partial charge in [0, 0.05) is 38.6 Å². The molecule has 0 aromatic heterocycles. The van der Waals surface area contributed by atoms with Crippen molar-refractivity contribution in [2.24, 2.45) is 5.10 Å². The van der Waals surface area contributed by atoms with Crippen molar-refractivity contribution in [1.82, 2.24) is 9.43 Å². The molecule has 0 bridgehead atoms. The van der Waals surface area contributed by atoms with E-state index in [9.17, 15) is 9.18 Å². The number of hydrogen-bond acceptors (Lipinski definition) is 3. The Labute approximate surface area is 128 Å². The quantitative estimate of drug-likeness (QED) is 0.788. The van der Waals surface area contributed by atoms with Crippen LogP contribution in [0.2, 0.25) is 0 Å². The van der Waals surface area contributed by atoms with Crippen molar-refractivity contribution < 1.29 is 9.18 Å². The van der Waals surface area contributed by atoms with Crippen LogP contribution in [0.5, 0.6) is 0 Å². The Morgan fingerprint density at radius 2 is 1.95 bits per heavy atom. The zero-order valence-electron chi connectivity index (χ0n) is 11.6. The van der Waals surface area contributed by atoms with E-state index in [0.717, 1.165) is 5.56 Å². The third-order valence-electron chi connectivity index (χ3n) is 4.11. The average Bonchev–Trinajstić information content (AvgIpc) is 3.00. The Morgan fingerprint density at radius 3 is 2.62 bits per heavy atom. The van der Waals surface area contributed by atoms with E-state index < -0.39 is 11.6 Å². The Bertz CT molecular complexity index is 543. The number of benzene rings is 1. The number of carbonyl (C=O) groups excluding carboxylic acids is 1. The van der Waals surface area contributed by atoms with Crippen molar-refractivity contribution in [3.8, 4) is 0 Å². The molecule has 1 atom stereocenters. The van der Waals surface area contributed by atoms with E-state index in [2.05, 4.69) is 5.10 Å². The fraction of sp³-hybridized carbons (Fsp3) is 0.467. The van der Waals surface area contributed by atoms with Gasteiger partial charge in [0.15, 0.2) is 5.67 Å². The molecular weight excluding hydrogens is 293 g/mol. The summed E-state index contributed by atoms with van der Waals surface area (Å²) >= 11 is 5.84. The predicted octanol–water partition coefficient (Wildman–Crippen LogP) is 2.90. The molecule has 0 saturated carbocycles. The molecule has 3 rings (SSSR count). The molecule has 1 unspecified atom stereocenters. The minimum atomic E-state index is -1.86. The Hall–Kier alpha value is -1.46. The molecule has 1 saturated heterocycles. The summed E-state index contributed by atoms with van der Waals surface area (Å²) < 4.78 is 16.5. The van der Waals surface area contributed by atoms with E-state index in [1.807, 2.05) is 30.3 Å². The molecule has 1 amide bonds. The van der Waals surface area contributed by atoms with Gasteiger partial charge in [0.2, 0.25) is 0 Å². The van der Waals surface area contributed by atoms with Crippen LogP contribution in [0.15, 0.2) is 35.4 Å². The maximum Gasteiger partial charge on any atom is 0.280 e. The lowest BCUT2D eigenvalue weighted by molar-refractivity contribution is -0.148. The maximum atomic E-state index is 14.9. The first-order chi connectivity index (χ1) is 10.1. The van der Waals surface area contributed by atoms with Crippen LogP contribution in [0, 0.1) is 0 Å². The van der Waals surface area contributed by atoms with Crippen LogP contribution in [-0.4, -0.2) is 40.3 Å². The highest BCUT2D eigenvalue weighted by Crippen LogP contribution is 2.35. The minimum Gasteiger partial charge on any atom is -0.269 e. The molecule has 1 aromatic rings. The van der Waals surface area contributed by atoms with E-state index in [-0.39, 0.29) is 18.9 Å². The van der Waals surface area contributed by atoms with Crippen molar-refractivity contribution in [2.45, 2.75) is 31.0 Å². The van der Waals surface area contributed by atoms with Crippen molar-refractivity contribution in [2.75, 3.05) is 13.1 Å². The van der Waals surface area contributed by atoms with E-state index in [1.54, 1.807) is 6.21 Å². The molecule has 2 aliphatic rings. The number of nitrogens with zero attached hydrogens (tertiary/aromatic N) is 3. The van der Waals surface area contributed by atoms with Gasteiger partial charge >= 0.3 is 0 Å². The first kappa shape index (κ1) is 14.5. The molecule has 2 aliphatic heterocycles. The van der Waals surface area contributed by atoms with Gasteiger partial charge in [-0.2, -0.15) is 5.10 Å². The zero-order chi connectivity index (χ0) is 14.9. The lowest BCUT2D eigenvalue weighted by atomic mass is 9.92. The second-order valence-electron chi connectivity index (χ2n) is 5.49. The number of amides is 1. The van der Waals surface area contributed by atoms with Crippen LogP contribution in [0.3, 0.4) is 0 Å². The third-order valence-corrected chi connectivity index (χ3v) is 4.45. The highest BCUT2D eigenvalue weighted by atomic mass is 35.5. The number of rotatable bonds is 2. The summed E-state index contributed by atoms with van der Waals surface area (Å²) in [6.45, 7) is 0.745. The number of halogens is 2. The Kier molecular flexibility index (Phi) is 3.95. The van der Waals surface area contributed by atoms with Gasteiger partial charge < -0.3 is 0 Å².